The molecule has 23 heteroatoms. The normalized spacial score (nSPS) is 13.8. The van der Waals surface area contributed by atoms with Crippen LogP contribution in [0.2, 0.25) is 0 Å². The number of anilines is 2. The smallest absolute Gasteiger partial charge is 0.488 e. The van der Waals surface area contributed by atoms with Crippen molar-refractivity contribution in [3.63, 3.8) is 0 Å². The number of phenolic OH excluding ortho intramolecular Hbond substituents is 1. The highest BCUT2D eigenvalue weighted by molar-refractivity contribution is 7.81. The molecule has 21 nitrogen and oxygen atoms in total. The zero-order valence-electron chi connectivity index (χ0n) is 43.5. The molecule has 1 aromatic heterocycles. The van der Waals surface area contributed by atoms with Gasteiger partial charge in [0, 0.05) is 87.0 Å². The number of nitrogens with two attached hydrogens (primary N) is 3. The van der Waals surface area contributed by atoms with E-state index < -0.39 is 64.7 Å². The van der Waals surface area contributed by atoms with E-state index in [2.05, 4.69) is 50.5 Å². The van der Waals surface area contributed by atoms with Gasteiger partial charge in [0.1, 0.15) is 29.6 Å². The Kier molecular flexibility index (Phi) is 20.8. The molecule has 0 aliphatic carbocycles. The first kappa shape index (κ1) is 58.1. The number of fused-ring (bicyclic) bond motifs is 1. The van der Waals surface area contributed by atoms with Gasteiger partial charge in [-0.05, 0) is 115 Å². The van der Waals surface area contributed by atoms with E-state index >= 15 is 0 Å². The van der Waals surface area contributed by atoms with E-state index in [1.807, 2.05) is 66.7 Å². The van der Waals surface area contributed by atoms with Crippen LogP contribution >= 0.6 is 0 Å². The SMILES string of the molecule is NCCCC(=O)N[C@@H](Cc1c[nH]c2ccc(O)cc12)C(=O)N[C@@H](Cc1ccc(-c2ccccc2)cc1)C(=O)N[C@@H](CCCCN=C(N)N)C(=O)NCC(=O)Nc1ccc(N2CCN(Cc3ccc(OS(=O)(=O)F)cc3)CC2)cc1. The van der Waals surface area contributed by atoms with Crippen molar-refractivity contribution in [3.05, 3.63) is 144 Å². The summed E-state index contributed by atoms with van der Waals surface area (Å²) in [5.41, 5.74) is 23.0. The summed E-state index contributed by atoms with van der Waals surface area (Å²) in [7, 11) is -5.10. The maximum atomic E-state index is 14.6. The van der Waals surface area contributed by atoms with Crippen LogP contribution in [-0.2, 0) is 53.9 Å². The lowest BCUT2D eigenvalue weighted by Crippen LogP contribution is -2.58. The number of phenols is 1. The highest BCUT2D eigenvalue weighted by Gasteiger charge is 2.31. The number of halogens is 1. The van der Waals surface area contributed by atoms with Crippen molar-refractivity contribution < 1.29 is 45.6 Å². The maximum Gasteiger partial charge on any atom is 0.488 e. The fourth-order valence-corrected chi connectivity index (χ4v) is 9.46. The molecule has 2 heterocycles. The molecule has 7 rings (SSSR count). The van der Waals surface area contributed by atoms with Crippen LogP contribution in [0, 0.1) is 0 Å². The van der Waals surface area contributed by atoms with E-state index in [4.69, 9.17) is 17.2 Å². The summed E-state index contributed by atoms with van der Waals surface area (Å²) >= 11 is 0. The molecule has 1 aliphatic rings. The molecule has 0 saturated carbocycles. The van der Waals surface area contributed by atoms with Gasteiger partial charge in [0.2, 0.25) is 29.5 Å². The molecule has 13 N–H and O–H groups in total. The highest BCUT2D eigenvalue weighted by Crippen LogP contribution is 2.26. The lowest BCUT2D eigenvalue weighted by molar-refractivity contribution is -0.134. The number of nitrogens with one attached hydrogen (secondary N) is 6. The van der Waals surface area contributed by atoms with Gasteiger partial charge in [0.15, 0.2) is 5.96 Å². The Balaban J connectivity index is 1.01. The van der Waals surface area contributed by atoms with Gasteiger partial charge >= 0.3 is 10.5 Å². The minimum Gasteiger partial charge on any atom is -0.508 e. The van der Waals surface area contributed by atoms with Crippen molar-refractivity contribution in [2.24, 2.45) is 22.2 Å². The molecule has 5 amide bonds. The molecule has 0 radical (unpaired) electrons. The molecule has 1 saturated heterocycles. The van der Waals surface area contributed by atoms with Gasteiger partial charge in [-0.3, -0.25) is 33.9 Å². The number of guanidine groups is 1. The Labute approximate surface area is 457 Å². The van der Waals surface area contributed by atoms with Gasteiger partial charge in [-0.2, -0.15) is 8.42 Å². The average molecular weight is 1100 g/mol. The second-order valence-electron chi connectivity index (χ2n) is 19.1. The van der Waals surface area contributed by atoms with Gasteiger partial charge in [0.25, 0.3) is 0 Å². The number of aromatic hydroxyl groups is 1. The van der Waals surface area contributed by atoms with Crippen molar-refractivity contribution in [1.29, 1.82) is 0 Å². The van der Waals surface area contributed by atoms with Crippen molar-refractivity contribution in [3.8, 4) is 22.6 Å². The Hall–Kier alpha value is -8.54. The van der Waals surface area contributed by atoms with Crippen molar-refractivity contribution in [2.75, 3.05) is 56.0 Å². The number of hydrogen-bond donors (Lipinski definition) is 10. The van der Waals surface area contributed by atoms with Crippen LogP contribution in [0.1, 0.15) is 48.8 Å². The predicted octanol–water partition coefficient (Wildman–Crippen LogP) is 3.63. The third-order valence-corrected chi connectivity index (χ3v) is 13.6. The van der Waals surface area contributed by atoms with Crippen LogP contribution in [0.15, 0.2) is 133 Å². The van der Waals surface area contributed by atoms with E-state index in [0.717, 1.165) is 35.5 Å². The van der Waals surface area contributed by atoms with Crippen molar-refractivity contribution >= 4 is 68.3 Å². The summed E-state index contributed by atoms with van der Waals surface area (Å²) in [4.78, 5) is 81.3. The molecule has 5 aromatic carbocycles. The fourth-order valence-electron chi connectivity index (χ4n) is 9.12. The summed E-state index contributed by atoms with van der Waals surface area (Å²) in [5, 5.41) is 24.9. The fraction of sp³-hybridized carbons (Fsp3) is 0.321. The number of H-pyrrole nitrogens is 1. The van der Waals surface area contributed by atoms with E-state index in [9.17, 15) is 41.4 Å². The number of rotatable bonds is 27. The number of aromatic amines is 1. The molecular weight excluding hydrogens is 1040 g/mol. The van der Waals surface area contributed by atoms with Crippen LogP contribution in [0.25, 0.3) is 22.0 Å². The minimum atomic E-state index is -5.10. The molecule has 418 valence electrons. The number of amides is 5. The summed E-state index contributed by atoms with van der Waals surface area (Å²) in [6.45, 7) is 3.60. The highest BCUT2D eigenvalue weighted by atomic mass is 32.3. The average Bonchev–Trinajstić information content (AvgIpc) is 3.85. The van der Waals surface area contributed by atoms with E-state index in [1.165, 1.54) is 18.2 Å². The Morgan fingerprint density at radius 2 is 1.38 bits per heavy atom. The van der Waals surface area contributed by atoms with E-state index in [0.29, 0.717) is 66.6 Å². The number of benzene rings is 5. The number of carbonyl (C=O) groups is 5. The topological polar surface area (TPSA) is 322 Å². The Morgan fingerprint density at radius 1 is 0.722 bits per heavy atom. The van der Waals surface area contributed by atoms with E-state index in [-0.39, 0.29) is 56.2 Å². The predicted molar refractivity (Wildman–Crippen MR) is 301 cm³/mol. The maximum absolute atomic E-state index is 14.6. The number of nitrogens with zero attached hydrogens (tertiary/aromatic N) is 3. The van der Waals surface area contributed by atoms with Crippen LogP contribution in [0.4, 0.5) is 15.3 Å². The lowest BCUT2D eigenvalue weighted by atomic mass is 9.99. The van der Waals surface area contributed by atoms with Crippen LogP contribution in [0.5, 0.6) is 11.5 Å². The van der Waals surface area contributed by atoms with Gasteiger partial charge in [-0.25, -0.2) is 0 Å². The first-order valence-electron chi connectivity index (χ1n) is 26.0. The van der Waals surface area contributed by atoms with Crippen LogP contribution in [-0.4, -0.2) is 123 Å². The number of hydrogen-bond acceptors (Lipinski definition) is 13. The zero-order chi connectivity index (χ0) is 56.3. The first-order valence-corrected chi connectivity index (χ1v) is 27.3. The van der Waals surface area contributed by atoms with Gasteiger partial charge < -0.3 is 63.0 Å². The molecule has 1 fully saturated rings. The Morgan fingerprint density at radius 3 is 2.05 bits per heavy atom. The quantitative estimate of drug-likeness (QED) is 0.0153. The molecule has 1 aliphatic heterocycles. The third-order valence-electron chi connectivity index (χ3n) is 13.2. The summed E-state index contributed by atoms with van der Waals surface area (Å²) < 4.78 is 38.8. The molecular formula is C56H67FN12O9S. The van der Waals surface area contributed by atoms with Crippen LogP contribution < -0.4 is 52.9 Å². The zero-order valence-corrected chi connectivity index (χ0v) is 44.4. The monoisotopic (exact) mass is 1100 g/mol. The molecule has 79 heavy (non-hydrogen) atoms. The van der Waals surface area contributed by atoms with Crippen molar-refractivity contribution in [2.45, 2.75) is 69.6 Å². The minimum absolute atomic E-state index is 0.00478. The van der Waals surface area contributed by atoms with Crippen LogP contribution in [0.3, 0.4) is 0 Å². The van der Waals surface area contributed by atoms with Gasteiger partial charge in [-0.15, -0.1) is 0 Å². The number of carbonyl (C=O) groups excluding carboxylic acids is 5. The standard InChI is InChI=1S/C56H67FN12O9S/c57-79(76,77)78-45-22-13-38(14-23-45)36-68-27-29-69(30-28-68)43-19-17-42(18-20-43)64-52(72)35-63-53(73)48(9-4-5-26-61-56(59)60)66-54(74)49(31-37-11-15-40(16-12-37)39-7-2-1-3-8-39)67-55(75)50(65-51(71)10-6-25-58)32-41-34-62-47-24-21-44(70)33-46(41)47/h1-3,7-8,11-24,33-34,48-50,62,70H,4-6,9-10,25-32,35-36,58H2,(H,63,73)(H,64,72)(H,65,71)(H,66,74)(H,67,75)(H4,59,60,61)/t48-,49-,50-/m0/s1. The lowest BCUT2D eigenvalue weighted by Gasteiger charge is -2.36. The summed E-state index contributed by atoms with van der Waals surface area (Å²) in [6, 6.07) is 31.9. The molecule has 0 spiro atoms. The molecule has 0 unspecified atom stereocenters. The second kappa shape index (κ2) is 28.2. The Bertz CT molecular complexity index is 3150. The molecule has 3 atom stereocenters. The molecule has 0 bridgehead atoms. The van der Waals surface area contributed by atoms with Crippen molar-refractivity contribution in [1.82, 2.24) is 31.2 Å². The number of aromatic nitrogens is 1. The van der Waals surface area contributed by atoms with Gasteiger partial charge in [0.05, 0.1) is 6.54 Å². The van der Waals surface area contributed by atoms with E-state index in [1.54, 1.807) is 42.6 Å². The summed E-state index contributed by atoms with van der Waals surface area (Å²) in [5.74, 6) is -3.15. The van der Waals surface area contributed by atoms with Gasteiger partial charge in [-0.1, -0.05) is 70.6 Å². The third kappa shape index (κ3) is 18.3. The second-order valence-corrected chi connectivity index (χ2v) is 20.1. The number of piperazine rings is 1. The molecule has 6 aromatic rings. The largest absolute Gasteiger partial charge is 0.508 e. The number of unbranched alkanes of at least 4 members (excludes halogenated alkanes) is 1. The number of aliphatic imine (C=N–C) groups is 1. The summed E-state index contributed by atoms with van der Waals surface area (Å²) in [6.07, 6.45) is 3.07. The first-order chi connectivity index (χ1) is 38.0.